The summed E-state index contributed by atoms with van der Waals surface area (Å²) in [6.07, 6.45) is 5.20. The summed E-state index contributed by atoms with van der Waals surface area (Å²) in [5, 5.41) is 2.48. The van der Waals surface area contributed by atoms with Gasteiger partial charge in [-0.3, -0.25) is 0 Å². The van der Waals surface area contributed by atoms with Crippen LogP contribution in [0.2, 0.25) is 0 Å². The Morgan fingerprint density at radius 2 is 2.15 bits per heavy atom. The second-order valence-corrected chi connectivity index (χ2v) is 5.09. The Morgan fingerprint density at radius 1 is 1.30 bits per heavy atom. The highest BCUT2D eigenvalue weighted by atomic mass is 16.5. The van der Waals surface area contributed by atoms with E-state index in [9.17, 15) is 0 Å². The van der Waals surface area contributed by atoms with E-state index in [1.54, 1.807) is 0 Å². The lowest BCUT2D eigenvalue weighted by Gasteiger charge is -2.24. The molecule has 0 bridgehead atoms. The average molecular weight is 268 g/mol. The van der Waals surface area contributed by atoms with Gasteiger partial charge in [-0.1, -0.05) is 24.3 Å². The van der Waals surface area contributed by atoms with E-state index in [-0.39, 0.29) is 6.10 Å². The summed E-state index contributed by atoms with van der Waals surface area (Å²) in [6.45, 7) is 4.89. The number of nitrogens with two attached hydrogens (primary N) is 1. The maximum atomic E-state index is 5.99. The summed E-state index contributed by atoms with van der Waals surface area (Å²) < 4.78 is 5.99. The molecule has 1 aromatic heterocycles. The Labute approximate surface area is 118 Å². The van der Waals surface area contributed by atoms with Gasteiger partial charge in [0, 0.05) is 11.0 Å². The van der Waals surface area contributed by atoms with Gasteiger partial charge in [-0.2, -0.15) is 0 Å². The van der Waals surface area contributed by atoms with E-state index in [4.69, 9.17) is 10.5 Å². The average Bonchev–Trinajstić information content (AvgIpc) is 2.84. The number of hydrogen-bond acceptors (Lipinski definition) is 2. The van der Waals surface area contributed by atoms with Crippen molar-refractivity contribution in [3.63, 3.8) is 0 Å². The van der Waals surface area contributed by atoms with Gasteiger partial charge in [0.05, 0.1) is 12.3 Å². The van der Waals surface area contributed by atoms with Crippen molar-refractivity contribution in [2.45, 2.75) is 26.4 Å². The molecule has 3 N–H and O–H groups in total. The number of anilines is 1. The van der Waals surface area contributed by atoms with Crippen LogP contribution in [0, 0.1) is 0 Å². The number of hydrogen-bond donors (Lipinski definition) is 2. The van der Waals surface area contributed by atoms with Crippen LogP contribution in [0.4, 0.5) is 5.69 Å². The first kappa shape index (κ1) is 13.0. The second kappa shape index (κ2) is 5.17. The van der Waals surface area contributed by atoms with Crippen LogP contribution in [0.5, 0.6) is 0 Å². The normalized spacial score (nSPS) is 20.2. The van der Waals surface area contributed by atoms with Crippen molar-refractivity contribution in [3.8, 4) is 0 Å². The van der Waals surface area contributed by atoms with E-state index in [2.05, 4.69) is 37.0 Å². The molecule has 3 heteroatoms. The van der Waals surface area contributed by atoms with Crippen molar-refractivity contribution in [2.24, 2.45) is 0 Å². The molecule has 0 radical (unpaired) electrons. The molecule has 1 unspecified atom stereocenters. The molecule has 2 aromatic rings. The number of aromatic nitrogens is 1. The molecule has 0 aliphatic carbocycles. The number of H-pyrrole nitrogens is 1. The SMILES string of the molecule is C/C=c1/c2c([nH]/c1=C/C)C(c1cccc(N)c1)OCC2. The Kier molecular flexibility index (Phi) is 3.36. The van der Waals surface area contributed by atoms with E-state index in [0.717, 1.165) is 24.3 Å². The highest BCUT2D eigenvalue weighted by Gasteiger charge is 2.25. The lowest BCUT2D eigenvalue weighted by Crippen LogP contribution is -2.25. The van der Waals surface area contributed by atoms with Gasteiger partial charge in [0.25, 0.3) is 0 Å². The first-order valence-electron chi connectivity index (χ1n) is 7.05. The Hall–Kier alpha value is -2.00. The molecule has 0 amide bonds. The topological polar surface area (TPSA) is 51.0 Å². The van der Waals surface area contributed by atoms with Gasteiger partial charge in [-0.15, -0.1) is 0 Å². The Balaban J connectivity index is 2.19. The molecular formula is C17H20N2O. The molecule has 3 rings (SSSR count). The summed E-state index contributed by atoms with van der Waals surface area (Å²) >= 11 is 0. The van der Waals surface area contributed by atoms with Gasteiger partial charge in [-0.05, 0) is 48.7 Å². The Bertz CT molecular complexity index is 743. The number of nitrogen functional groups attached to an aromatic ring is 1. The van der Waals surface area contributed by atoms with Gasteiger partial charge < -0.3 is 15.5 Å². The van der Waals surface area contributed by atoms with Crippen LogP contribution in [-0.2, 0) is 11.2 Å². The van der Waals surface area contributed by atoms with Crippen molar-refractivity contribution < 1.29 is 4.74 Å². The molecule has 2 heterocycles. The van der Waals surface area contributed by atoms with E-state index in [1.165, 1.54) is 21.8 Å². The maximum Gasteiger partial charge on any atom is 0.123 e. The minimum Gasteiger partial charge on any atom is -0.399 e. The summed E-state index contributed by atoms with van der Waals surface area (Å²) in [5.41, 5.74) is 10.3. The Morgan fingerprint density at radius 3 is 2.85 bits per heavy atom. The minimum atomic E-state index is -0.0466. The third-order valence-electron chi connectivity index (χ3n) is 3.90. The summed E-state index contributed by atoms with van der Waals surface area (Å²) in [5.74, 6) is 0. The molecule has 0 saturated carbocycles. The standard InChI is InChI=1S/C17H20N2O/c1-3-13-14-8-9-20-17(16(14)19-15(13)4-2)11-6-5-7-12(18)10-11/h3-7,10,17,19H,8-9,18H2,1-2H3/b13-3-,15-4+. The van der Waals surface area contributed by atoms with Gasteiger partial charge in [-0.25, -0.2) is 0 Å². The third-order valence-corrected chi connectivity index (χ3v) is 3.90. The molecule has 1 aliphatic heterocycles. The number of nitrogens with one attached hydrogen (secondary N) is 1. The zero-order valence-corrected chi connectivity index (χ0v) is 11.9. The van der Waals surface area contributed by atoms with Crippen molar-refractivity contribution >= 4 is 17.8 Å². The van der Waals surface area contributed by atoms with Gasteiger partial charge >= 0.3 is 0 Å². The number of benzene rings is 1. The zero-order chi connectivity index (χ0) is 14.1. The van der Waals surface area contributed by atoms with Crippen molar-refractivity contribution in [1.29, 1.82) is 0 Å². The highest BCUT2D eigenvalue weighted by molar-refractivity contribution is 5.46. The quantitative estimate of drug-likeness (QED) is 0.776. The van der Waals surface area contributed by atoms with Crippen LogP contribution in [-0.4, -0.2) is 11.6 Å². The van der Waals surface area contributed by atoms with Gasteiger partial charge in [0.2, 0.25) is 0 Å². The number of rotatable bonds is 1. The molecule has 3 nitrogen and oxygen atoms in total. The number of fused-ring (bicyclic) bond motifs is 1. The van der Waals surface area contributed by atoms with Crippen molar-refractivity contribution in [2.75, 3.05) is 12.3 Å². The van der Waals surface area contributed by atoms with Crippen LogP contribution in [0.3, 0.4) is 0 Å². The minimum absolute atomic E-state index is 0.0466. The van der Waals surface area contributed by atoms with Crippen LogP contribution in [0.15, 0.2) is 24.3 Å². The molecule has 20 heavy (non-hydrogen) atoms. The number of ether oxygens (including phenoxy) is 1. The first-order chi connectivity index (χ1) is 9.74. The lowest BCUT2D eigenvalue weighted by molar-refractivity contribution is 0.0671. The van der Waals surface area contributed by atoms with Crippen molar-refractivity contribution in [3.05, 3.63) is 51.7 Å². The van der Waals surface area contributed by atoms with Crippen LogP contribution < -0.4 is 16.3 Å². The molecule has 0 spiro atoms. The lowest BCUT2D eigenvalue weighted by atomic mass is 9.98. The second-order valence-electron chi connectivity index (χ2n) is 5.09. The van der Waals surface area contributed by atoms with E-state index in [0.29, 0.717) is 0 Å². The van der Waals surface area contributed by atoms with Crippen molar-refractivity contribution in [1.82, 2.24) is 4.98 Å². The molecule has 1 atom stereocenters. The summed E-state index contributed by atoms with van der Waals surface area (Å²) in [7, 11) is 0. The van der Waals surface area contributed by atoms with Gasteiger partial charge in [0.15, 0.2) is 0 Å². The summed E-state index contributed by atoms with van der Waals surface area (Å²) in [4.78, 5) is 3.52. The maximum absolute atomic E-state index is 5.99. The summed E-state index contributed by atoms with van der Waals surface area (Å²) in [6, 6.07) is 7.94. The van der Waals surface area contributed by atoms with Crippen LogP contribution in [0.25, 0.3) is 12.2 Å². The monoisotopic (exact) mass is 268 g/mol. The molecule has 1 aliphatic rings. The largest absolute Gasteiger partial charge is 0.399 e. The fraction of sp³-hybridized carbons (Fsp3) is 0.294. The molecular weight excluding hydrogens is 248 g/mol. The fourth-order valence-electron chi connectivity index (χ4n) is 2.99. The molecule has 1 aromatic carbocycles. The highest BCUT2D eigenvalue weighted by Crippen LogP contribution is 2.30. The molecule has 104 valence electrons. The van der Waals surface area contributed by atoms with Crippen LogP contribution in [0.1, 0.15) is 36.8 Å². The van der Waals surface area contributed by atoms with Gasteiger partial charge in [0.1, 0.15) is 6.10 Å². The fourth-order valence-corrected chi connectivity index (χ4v) is 2.99. The molecule has 0 saturated heterocycles. The predicted octanol–water partition coefficient (Wildman–Crippen LogP) is 1.86. The van der Waals surface area contributed by atoms with E-state index in [1.807, 2.05) is 18.2 Å². The van der Waals surface area contributed by atoms with E-state index < -0.39 is 0 Å². The number of aromatic amines is 1. The predicted molar refractivity (Wildman–Crippen MR) is 82.7 cm³/mol. The smallest absolute Gasteiger partial charge is 0.123 e. The van der Waals surface area contributed by atoms with Crippen LogP contribution >= 0.6 is 0 Å². The zero-order valence-electron chi connectivity index (χ0n) is 11.9. The third kappa shape index (κ3) is 2.04. The molecule has 0 fully saturated rings. The first-order valence-corrected chi connectivity index (χ1v) is 7.05. The van der Waals surface area contributed by atoms with E-state index >= 15 is 0 Å².